The average Bonchev–Trinajstić information content (AvgIpc) is 2.88. The molecule has 1 heterocycles. The lowest BCUT2D eigenvalue weighted by Gasteiger charge is -2.32. The summed E-state index contributed by atoms with van der Waals surface area (Å²) in [5, 5.41) is 5.11. The van der Waals surface area contributed by atoms with Crippen molar-refractivity contribution in [1.82, 2.24) is 5.32 Å². The molecule has 1 rings (SSSR count). The summed E-state index contributed by atoms with van der Waals surface area (Å²) in [6.07, 6.45) is 1.73. The highest BCUT2D eigenvalue weighted by atomic mass is 35.5. The van der Waals surface area contributed by atoms with Crippen LogP contribution in [0.3, 0.4) is 0 Å². The second-order valence-corrected chi connectivity index (χ2v) is 5.40. The van der Waals surface area contributed by atoms with E-state index in [-0.39, 0.29) is 29.8 Å². The molecule has 0 saturated heterocycles. The third-order valence-electron chi connectivity index (χ3n) is 3.50. The molecule has 104 valence electrons. The summed E-state index contributed by atoms with van der Waals surface area (Å²) in [6, 6.07) is 3.97. The number of amides is 1. The topological polar surface area (TPSA) is 55.1 Å². The Morgan fingerprint density at radius 1 is 1.50 bits per heavy atom. The molecule has 0 bridgehead atoms. The first-order valence-corrected chi connectivity index (χ1v) is 7.02. The van der Waals surface area contributed by atoms with Crippen LogP contribution in [-0.2, 0) is 4.79 Å². The number of rotatable bonds is 6. The van der Waals surface area contributed by atoms with Crippen molar-refractivity contribution in [2.75, 3.05) is 6.54 Å². The van der Waals surface area contributed by atoms with Gasteiger partial charge in [0.15, 0.2) is 0 Å². The fraction of sp³-hybridized carbons (Fsp3) is 0.615. The maximum absolute atomic E-state index is 12.2. The molecule has 3 N–H and O–H groups in total. The standard InChI is InChI=1S/C13H22N2OS.ClH/c1-4-13(5-2,9-14)15-12(16)10(3)11-7-6-8-17-11;/h6-8,10H,4-5,9,14H2,1-3H3,(H,15,16);1H. The van der Waals surface area contributed by atoms with Gasteiger partial charge in [-0.25, -0.2) is 0 Å². The molecule has 1 aromatic rings. The van der Waals surface area contributed by atoms with Gasteiger partial charge in [-0.05, 0) is 31.2 Å². The minimum Gasteiger partial charge on any atom is -0.349 e. The Hall–Kier alpha value is -0.580. The second kappa shape index (κ2) is 7.77. The molecule has 1 amide bonds. The lowest BCUT2D eigenvalue weighted by atomic mass is 9.92. The summed E-state index contributed by atoms with van der Waals surface area (Å²) in [6.45, 7) is 6.55. The number of hydrogen-bond donors (Lipinski definition) is 2. The highest BCUT2D eigenvalue weighted by Crippen LogP contribution is 2.22. The van der Waals surface area contributed by atoms with Crippen molar-refractivity contribution in [2.45, 2.75) is 45.1 Å². The van der Waals surface area contributed by atoms with Crippen molar-refractivity contribution in [3.63, 3.8) is 0 Å². The van der Waals surface area contributed by atoms with Crippen molar-refractivity contribution in [3.8, 4) is 0 Å². The Kier molecular flexibility index (Phi) is 7.52. The Bertz CT molecular complexity index is 342. The molecule has 0 radical (unpaired) electrons. The van der Waals surface area contributed by atoms with Gasteiger partial charge >= 0.3 is 0 Å². The van der Waals surface area contributed by atoms with E-state index in [1.165, 1.54) is 0 Å². The van der Waals surface area contributed by atoms with Crippen molar-refractivity contribution in [1.29, 1.82) is 0 Å². The van der Waals surface area contributed by atoms with Gasteiger partial charge in [-0.3, -0.25) is 4.79 Å². The number of thiophene rings is 1. The van der Waals surface area contributed by atoms with Crippen LogP contribution in [0.4, 0.5) is 0 Å². The molecule has 1 unspecified atom stereocenters. The normalized spacial score (nSPS) is 12.7. The quantitative estimate of drug-likeness (QED) is 0.846. The van der Waals surface area contributed by atoms with Gasteiger partial charge in [-0.1, -0.05) is 19.9 Å². The first-order valence-electron chi connectivity index (χ1n) is 6.14. The molecule has 18 heavy (non-hydrogen) atoms. The molecule has 0 aliphatic heterocycles. The van der Waals surface area contributed by atoms with Crippen molar-refractivity contribution in [3.05, 3.63) is 22.4 Å². The first-order chi connectivity index (χ1) is 8.08. The molecule has 1 aromatic heterocycles. The Labute approximate surface area is 120 Å². The van der Waals surface area contributed by atoms with E-state index in [2.05, 4.69) is 19.2 Å². The highest BCUT2D eigenvalue weighted by Gasteiger charge is 2.28. The molecule has 1 atom stereocenters. The Morgan fingerprint density at radius 2 is 2.11 bits per heavy atom. The summed E-state index contributed by atoms with van der Waals surface area (Å²) in [4.78, 5) is 13.3. The van der Waals surface area contributed by atoms with E-state index in [1.807, 2.05) is 24.4 Å². The van der Waals surface area contributed by atoms with Crippen LogP contribution in [0.2, 0.25) is 0 Å². The minimum atomic E-state index is -0.247. The number of halogens is 1. The molecular formula is C13H23ClN2OS. The minimum absolute atomic E-state index is 0. The third kappa shape index (κ3) is 3.97. The van der Waals surface area contributed by atoms with Crippen LogP contribution in [0.15, 0.2) is 17.5 Å². The van der Waals surface area contributed by atoms with Crippen molar-refractivity contribution >= 4 is 29.7 Å². The van der Waals surface area contributed by atoms with Crippen molar-refractivity contribution in [2.24, 2.45) is 5.73 Å². The van der Waals surface area contributed by atoms with Crippen molar-refractivity contribution < 1.29 is 4.79 Å². The van der Waals surface area contributed by atoms with Gasteiger partial charge < -0.3 is 11.1 Å². The lowest BCUT2D eigenvalue weighted by Crippen LogP contribution is -2.53. The summed E-state index contributed by atoms with van der Waals surface area (Å²) in [5.74, 6) is -0.0272. The molecule has 0 fully saturated rings. The molecule has 0 saturated carbocycles. The van der Waals surface area contributed by atoms with Gasteiger partial charge in [0.1, 0.15) is 0 Å². The smallest absolute Gasteiger partial charge is 0.228 e. The van der Waals surface area contributed by atoms with E-state index in [4.69, 9.17) is 5.73 Å². The molecule has 0 spiro atoms. The van der Waals surface area contributed by atoms with Gasteiger partial charge in [0, 0.05) is 11.4 Å². The third-order valence-corrected chi connectivity index (χ3v) is 4.55. The molecule has 0 aromatic carbocycles. The van der Waals surface area contributed by atoms with Crippen LogP contribution < -0.4 is 11.1 Å². The molecule has 0 aliphatic carbocycles. The predicted octanol–water partition coefficient (Wildman–Crippen LogP) is 2.91. The Balaban J connectivity index is 0.00000289. The van der Waals surface area contributed by atoms with E-state index in [1.54, 1.807) is 11.3 Å². The molecule has 5 heteroatoms. The summed E-state index contributed by atoms with van der Waals surface area (Å²) >= 11 is 1.62. The zero-order valence-electron chi connectivity index (χ0n) is 11.2. The number of carbonyl (C=O) groups excluding carboxylic acids is 1. The van der Waals surface area contributed by atoms with Crippen LogP contribution in [-0.4, -0.2) is 18.0 Å². The van der Waals surface area contributed by atoms with Crippen LogP contribution in [0, 0.1) is 0 Å². The Morgan fingerprint density at radius 3 is 2.50 bits per heavy atom. The van der Waals surface area contributed by atoms with E-state index >= 15 is 0 Å². The fourth-order valence-electron chi connectivity index (χ4n) is 1.80. The largest absolute Gasteiger partial charge is 0.349 e. The maximum atomic E-state index is 12.2. The summed E-state index contributed by atoms with van der Waals surface area (Å²) < 4.78 is 0. The van der Waals surface area contributed by atoms with Crippen LogP contribution >= 0.6 is 23.7 Å². The van der Waals surface area contributed by atoms with E-state index in [9.17, 15) is 4.79 Å². The summed E-state index contributed by atoms with van der Waals surface area (Å²) in [7, 11) is 0. The zero-order valence-corrected chi connectivity index (χ0v) is 12.9. The second-order valence-electron chi connectivity index (χ2n) is 4.42. The molecule has 3 nitrogen and oxygen atoms in total. The molecular weight excluding hydrogens is 268 g/mol. The zero-order chi connectivity index (χ0) is 12.9. The van der Waals surface area contributed by atoms with E-state index in [0.717, 1.165) is 17.7 Å². The highest BCUT2D eigenvalue weighted by molar-refractivity contribution is 7.10. The number of hydrogen-bond acceptors (Lipinski definition) is 3. The SMILES string of the molecule is CCC(CC)(CN)NC(=O)C(C)c1cccs1.Cl. The number of nitrogens with one attached hydrogen (secondary N) is 1. The lowest BCUT2D eigenvalue weighted by molar-refractivity contribution is -0.124. The number of carbonyl (C=O) groups is 1. The summed E-state index contributed by atoms with van der Waals surface area (Å²) in [5.41, 5.74) is 5.54. The van der Waals surface area contributed by atoms with Crippen LogP contribution in [0.1, 0.15) is 44.4 Å². The fourth-order valence-corrected chi connectivity index (χ4v) is 2.59. The van der Waals surface area contributed by atoms with Gasteiger partial charge in [0.2, 0.25) is 5.91 Å². The van der Waals surface area contributed by atoms with Gasteiger partial charge in [0.25, 0.3) is 0 Å². The predicted molar refractivity (Wildman–Crippen MR) is 80.5 cm³/mol. The van der Waals surface area contributed by atoms with Gasteiger partial charge in [-0.2, -0.15) is 0 Å². The van der Waals surface area contributed by atoms with E-state index in [0.29, 0.717) is 6.54 Å². The van der Waals surface area contributed by atoms with Crippen LogP contribution in [0.25, 0.3) is 0 Å². The monoisotopic (exact) mass is 290 g/mol. The van der Waals surface area contributed by atoms with Gasteiger partial charge in [-0.15, -0.1) is 23.7 Å². The maximum Gasteiger partial charge on any atom is 0.228 e. The van der Waals surface area contributed by atoms with Gasteiger partial charge in [0.05, 0.1) is 11.5 Å². The van der Waals surface area contributed by atoms with E-state index < -0.39 is 0 Å². The number of nitrogens with two attached hydrogens (primary N) is 1. The molecule has 0 aliphatic rings. The van der Waals surface area contributed by atoms with Crippen LogP contribution in [0.5, 0.6) is 0 Å². The first kappa shape index (κ1) is 17.4. The average molecular weight is 291 g/mol.